The summed E-state index contributed by atoms with van der Waals surface area (Å²) in [6.45, 7) is 1.56. The molecule has 0 bridgehead atoms. The van der Waals surface area contributed by atoms with Gasteiger partial charge in [0.2, 0.25) is 0 Å². The Morgan fingerprint density at radius 3 is 1.27 bits per heavy atom. The number of hydrogen-bond acceptors (Lipinski definition) is 3. The summed E-state index contributed by atoms with van der Waals surface area (Å²) in [7, 11) is -1.12. The van der Waals surface area contributed by atoms with Crippen LogP contribution in [0.5, 0.6) is 0 Å². The Balaban J connectivity index is -0.00000000727. The van der Waals surface area contributed by atoms with E-state index >= 15 is 0 Å². The Morgan fingerprint density at radius 1 is 1.27 bits per heavy atom. The zero-order chi connectivity index (χ0) is 9.58. The van der Waals surface area contributed by atoms with Crippen LogP contribution >= 0.6 is 69.2 Å². The molecular formula is C5H20P2S4. The molecule has 0 radical (unpaired) electrons. The second kappa shape index (κ2) is 576. The van der Waals surface area contributed by atoms with Crippen LogP contribution in [0.15, 0.2) is 0 Å². The third-order valence-corrected chi connectivity index (χ3v) is 0. The molecule has 0 heterocycles. The van der Waals surface area contributed by atoms with Gasteiger partial charge in [-0.2, -0.15) is 23.4 Å². The van der Waals surface area contributed by atoms with Crippen molar-refractivity contribution in [3.05, 3.63) is 0 Å². The van der Waals surface area contributed by atoms with E-state index < -0.39 is 9.13 Å². The molecule has 2 atom stereocenters. The fraction of sp³-hybridized carbons (Fsp3) is 0.400. The van der Waals surface area contributed by atoms with Crippen molar-refractivity contribution in [3.8, 4) is 0 Å². The molecule has 0 aliphatic rings. The molecule has 0 amide bonds. The van der Waals surface area contributed by atoms with Gasteiger partial charge in [-0.3, -0.25) is 0 Å². The topological polar surface area (TPSA) is 0 Å². The number of thiocarbonyl (C=S) groups is 3. The van der Waals surface area contributed by atoms with E-state index in [0.717, 1.165) is 0 Å². The molecule has 0 aliphatic heterocycles. The van der Waals surface area contributed by atoms with Crippen molar-refractivity contribution in [2.75, 3.05) is 6.66 Å². The van der Waals surface area contributed by atoms with E-state index in [1.165, 1.54) is 0 Å². The van der Waals surface area contributed by atoms with E-state index in [1.807, 2.05) is 0 Å². The molecule has 0 aromatic heterocycles. The third kappa shape index (κ3) is 471. The first-order valence-corrected chi connectivity index (χ1v) is 3.94. The van der Waals surface area contributed by atoms with Crippen LogP contribution in [0.2, 0.25) is 0 Å². The molecule has 0 saturated heterocycles. The minimum Gasteiger partial charge on any atom is -0.197 e. The van der Waals surface area contributed by atoms with Gasteiger partial charge in [0.25, 0.3) is 0 Å². The Hall–Kier alpha value is 1.48. The lowest BCUT2D eigenvalue weighted by Gasteiger charge is -1.10. The first kappa shape index (κ1) is 29.4. The summed E-state index contributed by atoms with van der Waals surface area (Å²) in [6, 6.07) is 0. The zero-order valence-electron chi connectivity index (χ0n) is 8.00. The first-order chi connectivity index (χ1) is 4.73. The van der Waals surface area contributed by atoms with Crippen molar-refractivity contribution >= 4 is 86.8 Å². The Bertz CT molecular complexity index is 46.0. The predicted octanol–water partition coefficient (Wildman–Crippen LogP) is 3.15. The lowest BCUT2D eigenvalue weighted by molar-refractivity contribution is 2.50. The summed E-state index contributed by atoms with van der Waals surface area (Å²) >= 11 is 11.5. The smallest absolute Gasteiger partial charge is 0.0543 e. The van der Waals surface area contributed by atoms with Gasteiger partial charge in [-0.05, 0) is 17.6 Å². The second-order valence-electron chi connectivity index (χ2n) is 0. The molecule has 0 N–H and O–H groups in total. The van der Waals surface area contributed by atoms with Gasteiger partial charge in [-0.15, -0.1) is 9.13 Å². The average Bonchev–Trinajstić information content (AvgIpc) is 1.98. The average molecular weight is 273 g/mol. The van der Waals surface area contributed by atoms with Gasteiger partial charge in [0.1, 0.15) is 0 Å². The van der Waals surface area contributed by atoms with Crippen molar-refractivity contribution < 1.29 is 0 Å². The maximum absolute atomic E-state index is 6.31. The molecule has 0 aliphatic carbocycles. The standard InChI is InChI=1S/CH5P.3CH2S.CH4.H3P.H2S/c4*1-2;;;/h2H2,1H3;3*1H2;1H4;1H3;1H2/i2TD;;;;;;. The highest BCUT2D eigenvalue weighted by molar-refractivity contribution is 7.77. The van der Waals surface area contributed by atoms with Crippen LogP contribution < -0.4 is 0 Å². The molecule has 0 fully saturated rings. The van der Waals surface area contributed by atoms with Gasteiger partial charge in [0.05, 0.1) is 2.56 Å². The SMILES string of the molecule is C.C=S.C=S.C=S.P.S.[2H]P([3H])C. The van der Waals surface area contributed by atoms with Crippen LogP contribution in [0.25, 0.3) is 0 Å². The third-order valence-electron chi connectivity index (χ3n) is 0. The van der Waals surface area contributed by atoms with E-state index in [0.29, 0.717) is 0 Å². The van der Waals surface area contributed by atoms with Crippen LogP contribution in [0, 0.1) is 0 Å². The molecule has 0 rings (SSSR count). The maximum Gasteiger partial charge on any atom is 0.0543 e. The van der Waals surface area contributed by atoms with E-state index in [1.54, 1.807) is 6.66 Å². The summed E-state index contributed by atoms with van der Waals surface area (Å²) < 4.78 is 12.6. The van der Waals surface area contributed by atoms with Gasteiger partial charge in [-0.1, -0.05) is 50.7 Å². The summed E-state index contributed by atoms with van der Waals surface area (Å²) in [5, 5.41) is 0. The largest absolute Gasteiger partial charge is 0.197 e. The van der Waals surface area contributed by atoms with Crippen LogP contribution in [-0.2, 0) is 0 Å². The van der Waals surface area contributed by atoms with Gasteiger partial charge in [0.15, 0.2) is 0 Å². The molecule has 0 nitrogen and oxygen atoms in total. The molecule has 11 heavy (non-hydrogen) atoms. The van der Waals surface area contributed by atoms with Crippen molar-refractivity contribution in [2.24, 2.45) is 0 Å². The molecule has 6 heteroatoms. The zero-order valence-corrected chi connectivity index (χ0v) is 11.8. The highest BCUT2D eigenvalue weighted by atomic mass is 32.1. The van der Waals surface area contributed by atoms with Crippen molar-refractivity contribution in [3.63, 3.8) is 0 Å². The van der Waals surface area contributed by atoms with E-state index in [4.69, 9.17) is 2.56 Å². The number of hydrogen-bond donors (Lipinski definition) is 0. The molecule has 74 valence electrons. The monoisotopic (exact) mass is 273 g/mol. The van der Waals surface area contributed by atoms with Gasteiger partial charge >= 0.3 is 0 Å². The van der Waals surface area contributed by atoms with E-state index in [2.05, 4.69) is 54.3 Å². The normalized spacial score (nSPS) is 7.00. The fourth-order valence-electron chi connectivity index (χ4n) is 0. The molecular weight excluding hydrogens is 250 g/mol. The minimum atomic E-state index is -1.12. The highest BCUT2D eigenvalue weighted by Gasteiger charge is 0.906. The van der Waals surface area contributed by atoms with Gasteiger partial charge in [-0.25, -0.2) is 0 Å². The van der Waals surface area contributed by atoms with Crippen LogP contribution in [0.4, 0.5) is 0 Å². The molecule has 2 unspecified atom stereocenters. The molecule has 0 spiro atoms. The van der Waals surface area contributed by atoms with E-state index in [9.17, 15) is 0 Å². The fourth-order valence-corrected chi connectivity index (χ4v) is 0. The highest BCUT2D eigenvalue weighted by Crippen LogP contribution is 1.46. The maximum atomic E-state index is 6.31. The lowest BCUT2D eigenvalue weighted by Crippen LogP contribution is -0.804. The predicted molar refractivity (Wildman–Crippen MR) is 88.0 cm³/mol. The quantitative estimate of drug-likeness (QED) is 0.491. The Kier molecular flexibility index (Phi) is 1540. The molecule has 0 aromatic rings. The Morgan fingerprint density at radius 2 is 1.27 bits per heavy atom. The van der Waals surface area contributed by atoms with Crippen LogP contribution in [-0.4, -0.2) is 26.8 Å². The van der Waals surface area contributed by atoms with Crippen molar-refractivity contribution in [2.45, 2.75) is 7.43 Å². The lowest BCUT2D eigenvalue weighted by atomic mass is 12.0. The Labute approximate surface area is 103 Å². The summed E-state index contributed by atoms with van der Waals surface area (Å²) in [4.78, 5) is 0. The molecule has 0 saturated carbocycles. The first-order valence-electron chi connectivity index (χ1n) is 2.21. The van der Waals surface area contributed by atoms with Gasteiger partial charge < -0.3 is 0 Å². The minimum absolute atomic E-state index is 0. The van der Waals surface area contributed by atoms with Crippen LogP contribution in [0.3, 0.4) is 0 Å². The van der Waals surface area contributed by atoms with E-state index in [-0.39, 0.29) is 30.8 Å². The summed E-state index contributed by atoms with van der Waals surface area (Å²) in [5.74, 6) is 8.50. The second-order valence-corrected chi connectivity index (χ2v) is 0. The van der Waals surface area contributed by atoms with Crippen molar-refractivity contribution in [1.29, 1.82) is 2.56 Å². The van der Waals surface area contributed by atoms with Gasteiger partial charge in [0, 0.05) is 0 Å². The van der Waals surface area contributed by atoms with Crippen molar-refractivity contribution in [1.82, 2.24) is 0 Å². The summed E-state index contributed by atoms with van der Waals surface area (Å²) in [5.41, 5.74) is 0. The molecule has 0 aromatic carbocycles. The number of rotatable bonds is 0. The summed E-state index contributed by atoms with van der Waals surface area (Å²) in [6.07, 6.45) is 0. The van der Waals surface area contributed by atoms with Crippen LogP contribution in [0.1, 0.15) is 7.43 Å².